The number of hydrogen-bond donors (Lipinski definition) is 1. The number of amides is 1. The van der Waals surface area contributed by atoms with E-state index in [2.05, 4.69) is 36.0 Å². The van der Waals surface area contributed by atoms with Crippen LogP contribution < -0.4 is 10.1 Å². The van der Waals surface area contributed by atoms with E-state index in [1.807, 2.05) is 6.92 Å². The van der Waals surface area contributed by atoms with Crippen LogP contribution in [0, 0.1) is 18.8 Å². The van der Waals surface area contributed by atoms with Gasteiger partial charge in [0.15, 0.2) is 0 Å². The second-order valence-corrected chi connectivity index (χ2v) is 9.58. The van der Waals surface area contributed by atoms with E-state index in [4.69, 9.17) is 0 Å². The van der Waals surface area contributed by atoms with E-state index in [9.17, 15) is 18.0 Å². The van der Waals surface area contributed by atoms with Crippen LogP contribution in [0.4, 0.5) is 13.2 Å². The molecule has 2 heterocycles. The zero-order chi connectivity index (χ0) is 23.8. The van der Waals surface area contributed by atoms with Crippen molar-refractivity contribution in [2.45, 2.75) is 59.0 Å². The molecular formula is C26H31F3N2O2. The zero-order valence-corrected chi connectivity index (χ0v) is 19.3. The van der Waals surface area contributed by atoms with Gasteiger partial charge in [0.05, 0.1) is 0 Å². The molecule has 1 fully saturated rings. The lowest BCUT2D eigenvalue weighted by molar-refractivity contribution is -0.274. The maximum atomic E-state index is 13.1. The smallest absolute Gasteiger partial charge is 0.406 e. The number of carbonyl (C=O) groups excluding carboxylic acids is 1. The zero-order valence-electron chi connectivity index (χ0n) is 19.3. The maximum absolute atomic E-state index is 13.1. The van der Waals surface area contributed by atoms with Crippen molar-refractivity contribution in [2.75, 3.05) is 13.1 Å². The molecule has 0 saturated carbocycles. The van der Waals surface area contributed by atoms with Crippen molar-refractivity contribution in [2.24, 2.45) is 11.8 Å². The van der Waals surface area contributed by atoms with E-state index in [1.54, 1.807) is 17.0 Å². The minimum Gasteiger partial charge on any atom is -0.406 e. The molecule has 4 nitrogen and oxygen atoms in total. The van der Waals surface area contributed by atoms with Crippen LogP contribution in [-0.4, -0.2) is 30.3 Å². The number of fused-ring (bicyclic) bond motifs is 1. The Kier molecular flexibility index (Phi) is 6.71. The Labute approximate surface area is 193 Å². The Hall–Kier alpha value is -2.54. The van der Waals surface area contributed by atoms with Crippen molar-refractivity contribution in [1.82, 2.24) is 10.2 Å². The van der Waals surface area contributed by atoms with Crippen molar-refractivity contribution >= 4 is 5.91 Å². The van der Waals surface area contributed by atoms with E-state index in [-0.39, 0.29) is 11.7 Å². The maximum Gasteiger partial charge on any atom is 0.573 e. The third-order valence-corrected chi connectivity index (χ3v) is 6.83. The highest BCUT2D eigenvalue weighted by molar-refractivity contribution is 5.99. The molecule has 178 valence electrons. The van der Waals surface area contributed by atoms with Crippen LogP contribution >= 0.6 is 0 Å². The molecular weight excluding hydrogens is 429 g/mol. The molecule has 2 aliphatic rings. The SMILES string of the molecule is Cc1cc(C(C(C)C)C2CCNCC2)cc2c1C(=O)N(Cc1ccc(OC(F)(F)F)cc1)C2. The molecule has 4 rings (SSSR count). The Morgan fingerprint density at radius 3 is 2.39 bits per heavy atom. The Bertz CT molecular complexity index is 996. The Morgan fingerprint density at radius 1 is 1.12 bits per heavy atom. The first-order valence-corrected chi connectivity index (χ1v) is 11.6. The van der Waals surface area contributed by atoms with Crippen molar-refractivity contribution in [3.63, 3.8) is 0 Å². The molecule has 0 aliphatic carbocycles. The van der Waals surface area contributed by atoms with Crippen molar-refractivity contribution in [3.05, 3.63) is 64.2 Å². The fourth-order valence-electron chi connectivity index (χ4n) is 5.50. The summed E-state index contributed by atoms with van der Waals surface area (Å²) in [7, 11) is 0. The molecule has 1 atom stereocenters. The highest BCUT2D eigenvalue weighted by Crippen LogP contribution is 2.40. The molecule has 7 heteroatoms. The number of halogens is 3. The summed E-state index contributed by atoms with van der Waals surface area (Å²) >= 11 is 0. The van der Waals surface area contributed by atoms with Gasteiger partial charge < -0.3 is 15.0 Å². The van der Waals surface area contributed by atoms with E-state index in [0.717, 1.165) is 48.2 Å². The highest BCUT2D eigenvalue weighted by Gasteiger charge is 2.34. The summed E-state index contributed by atoms with van der Waals surface area (Å²) in [6.07, 6.45) is -2.39. The number of hydrogen-bond acceptors (Lipinski definition) is 3. The third-order valence-electron chi connectivity index (χ3n) is 6.83. The third kappa shape index (κ3) is 5.35. The number of piperidine rings is 1. The normalized spacial score (nSPS) is 18.0. The van der Waals surface area contributed by atoms with Gasteiger partial charge in [-0.3, -0.25) is 4.79 Å². The van der Waals surface area contributed by atoms with E-state index in [1.165, 1.54) is 17.7 Å². The molecule has 0 spiro atoms. The predicted molar refractivity (Wildman–Crippen MR) is 121 cm³/mol. The molecule has 1 amide bonds. The van der Waals surface area contributed by atoms with Crippen LogP contribution in [0.15, 0.2) is 36.4 Å². The van der Waals surface area contributed by atoms with Crippen molar-refractivity contribution < 1.29 is 22.7 Å². The van der Waals surface area contributed by atoms with Gasteiger partial charge >= 0.3 is 6.36 Å². The number of alkyl halides is 3. The second kappa shape index (κ2) is 9.37. The lowest BCUT2D eigenvalue weighted by atomic mass is 9.73. The summed E-state index contributed by atoms with van der Waals surface area (Å²) in [5.74, 6) is 1.32. The predicted octanol–water partition coefficient (Wildman–Crippen LogP) is 5.79. The van der Waals surface area contributed by atoms with Crippen LogP contribution in [0.5, 0.6) is 5.75 Å². The number of nitrogens with zero attached hydrogens (tertiary/aromatic N) is 1. The first-order valence-electron chi connectivity index (χ1n) is 11.6. The number of benzene rings is 2. The van der Waals surface area contributed by atoms with Crippen LogP contribution in [0.3, 0.4) is 0 Å². The molecule has 33 heavy (non-hydrogen) atoms. The first kappa shape index (κ1) is 23.6. The summed E-state index contributed by atoms with van der Waals surface area (Å²) in [5, 5.41) is 3.45. The summed E-state index contributed by atoms with van der Waals surface area (Å²) in [6, 6.07) is 10.1. The van der Waals surface area contributed by atoms with Gasteiger partial charge in [-0.05, 0) is 85.0 Å². The molecule has 2 aromatic carbocycles. The monoisotopic (exact) mass is 460 g/mol. The number of aryl methyl sites for hydroxylation is 1. The molecule has 1 saturated heterocycles. The van der Waals surface area contributed by atoms with Crippen LogP contribution in [0.25, 0.3) is 0 Å². The van der Waals surface area contributed by atoms with Gasteiger partial charge in [0.1, 0.15) is 5.75 Å². The molecule has 0 radical (unpaired) electrons. The highest BCUT2D eigenvalue weighted by atomic mass is 19.4. The van der Waals surface area contributed by atoms with Crippen LogP contribution in [0.1, 0.15) is 65.2 Å². The van der Waals surface area contributed by atoms with Crippen LogP contribution in [0.2, 0.25) is 0 Å². The minimum absolute atomic E-state index is 0.0207. The van der Waals surface area contributed by atoms with Gasteiger partial charge in [-0.2, -0.15) is 0 Å². The van der Waals surface area contributed by atoms with Gasteiger partial charge in [-0.25, -0.2) is 0 Å². The van der Waals surface area contributed by atoms with E-state index >= 15 is 0 Å². The molecule has 0 aromatic heterocycles. The second-order valence-electron chi connectivity index (χ2n) is 9.58. The minimum atomic E-state index is -4.72. The number of carbonyl (C=O) groups is 1. The summed E-state index contributed by atoms with van der Waals surface area (Å²) in [6.45, 7) is 9.52. The number of rotatable bonds is 6. The van der Waals surface area contributed by atoms with E-state index < -0.39 is 6.36 Å². The van der Waals surface area contributed by atoms with E-state index in [0.29, 0.717) is 30.8 Å². The van der Waals surface area contributed by atoms with Gasteiger partial charge in [0.25, 0.3) is 5.91 Å². The Balaban J connectivity index is 1.52. The van der Waals surface area contributed by atoms with Gasteiger partial charge in [0, 0.05) is 18.7 Å². The molecule has 1 N–H and O–H groups in total. The standard InChI is InChI=1S/C26H31F3N2O2/c1-16(2)23(19-8-10-30-11-9-19)20-12-17(3)24-21(13-20)15-31(25(24)32)14-18-4-6-22(7-5-18)33-26(27,28)29/h4-7,12-13,16,19,23,30H,8-11,14-15H2,1-3H3. The largest absolute Gasteiger partial charge is 0.573 e. The average Bonchev–Trinajstić information content (AvgIpc) is 3.05. The molecule has 2 aliphatic heterocycles. The molecule has 1 unspecified atom stereocenters. The lowest BCUT2D eigenvalue weighted by Gasteiger charge is -2.34. The lowest BCUT2D eigenvalue weighted by Crippen LogP contribution is -2.32. The molecule has 0 bridgehead atoms. The molecule has 2 aromatic rings. The van der Waals surface area contributed by atoms with Crippen molar-refractivity contribution in [3.8, 4) is 5.75 Å². The van der Waals surface area contributed by atoms with Gasteiger partial charge in [-0.1, -0.05) is 38.1 Å². The fourth-order valence-corrected chi connectivity index (χ4v) is 5.50. The topological polar surface area (TPSA) is 41.6 Å². The summed E-state index contributed by atoms with van der Waals surface area (Å²) in [4.78, 5) is 14.9. The fraction of sp³-hybridized carbons (Fsp3) is 0.500. The number of ether oxygens (including phenoxy) is 1. The quantitative estimate of drug-likeness (QED) is 0.593. The summed E-state index contributed by atoms with van der Waals surface area (Å²) in [5.41, 5.74) is 4.90. The van der Waals surface area contributed by atoms with Crippen LogP contribution in [-0.2, 0) is 13.1 Å². The van der Waals surface area contributed by atoms with Crippen molar-refractivity contribution in [1.29, 1.82) is 0 Å². The first-order chi connectivity index (χ1) is 15.6. The Morgan fingerprint density at radius 2 is 1.79 bits per heavy atom. The van der Waals surface area contributed by atoms with Gasteiger partial charge in [-0.15, -0.1) is 13.2 Å². The average molecular weight is 461 g/mol. The number of nitrogens with one attached hydrogen (secondary N) is 1. The summed E-state index contributed by atoms with van der Waals surface area (Å²) < 4.78 is 41.1. The van der Waals surface area contributed by atoms with Gasteiger partial charge in [0.2, 0.25) is 0 Å².